The number of nitrogens with one attached hydrogen (secondary N) is 1. The third-order valence-corrected chi connectivity index (χ3v) is 2.04. The topological polar surface area (TPSA) is 60.1 Å². The lowest BCUT2D eigenvalue weighted by Crippen LogP contribution is -2.30. The Labute approximate surface area is 77.7 Å². The Kier molecular flexibility index (Phi) is 3.08. The smallest absolute Gasteiger partial charge is 0.267 e. The van der Waals surface area contributed by atoms with Crippen LogP contribution in [0.1, 0.15) is 16.2 Å². The maximum Gasteiger partial charge on any atom is 0.267 e. The molecule has 0 saturated heterocycles. The number of nitrogens with two attached hydrogens (primary N) is 1. The molecular weight excluding hydrogens is 166 g/mol. The summed E-state index contributed by atoms with van der Waals surface area (Å²) in [6.45, 7) is 2.94. The Hall–Kier alpha value is -1.29. The fourth-order valence-corrected chi connectivity index (χ4v) is 1.12. The van der Waals surface area contributed by atoms with Crippen molar-refractivity contribution < 1.29 is 4.79 Å². The van der Waals surface area contributed by atoms with Crippen LogP contribution in [0, 0.1) is 6.92 Å². The van der Waals surface area contributed by atoms with E-state index in [1.54, 1.807) is 6.07 Å². The van der Waals surface area contributed by atoms with Crippen molar-refractivity contribution in [1.82, 2.24) is 9.88 Å². The highest BCUT2D eigenvalue weighted by Gasteiger charge is 2.08. The molecule has 72 valence electrons. The molecule has 1 heterocycles. The van der Waals surface area contributed by atoms with E-state index in [0.29, 0.717) is 18.8 Å². The van der Waals surface area contributed by atoms with E-state index < -0.39 is 0 Å². The molecule has 4 heteroatoms. The van der Waals surface area contributed by atoms with Crippen molar-refractivity contribution in [2.24, 2.45) is 12.8 Å². The second-order valence-electron chi connectivity index (χ2n) is 2.96. The zero-order valence-electron chi connectivity index (χ0n) is 8.00. The minimum Gasteiger partial charge on any atom is -0.349 e. The Balaban J connectivity index is 2.71. The van der Waals surface area contributed by atoms with Crippen LogP contribution < -0.4 is 11.1 Å². The maximum atomic E-state index is 11.5. The van der Waals surface area contributed by atoms with Crippen molar-refractivity contribution in [3.05, 3.63) is 23.5 Å². The summed E-state index contributed by atoms with van der Waals surface area (Å²) in [5, 5.41) is 2.72. The van der Waals surface area contributed by atoms with Gasteiger partial charge in [-0.1, -0.05) is 0 Å². The number of carbonyl (C=O) groups excluding carboxylic acids is 1. The van der Waals surface area contributed by atoms with E-state index in [1.165, 1.54) is 0 Å². The van der Waals surface area contributed by atoms with Gasteiger partial charge in [-0.05, 0) is 19.1 Å². The molecule has 13 heavy (non-hydrogen) atoms. The van der Waals surface area contributed by atoms with Gasteiger partial charge in [0, 0.05) is 25.8 Å². The summed E-state index contributed by atoms with van der Waals surface area (Å²) in [7, 11) is 1.87. The normalized spacial score (nSPS) is 10.1. The molecule has 0 aromatic carbocycles. The second kappa shape index (κ2) is 4.09. The van der Waals surface area contributed by atoms with Crippen LogP contribution in [0.15, 0.2) is 12.1 Å². The van der Waals surface area contributed by atoms with E-state index in [9.17, 15) is 4.79 Å². The highest BCUT2D eigenvalue weighted by molar-refractivity contribution is 5.92. The van der Waals surface area contributed by atoms with E-state index in [0.717, 1.165) is 5.69 Å². The molecule has 0 bridgehead atoms. The summed E-state index contributed by atoms with van der Waals surface area (Å²) < 4.78 is 1.85. The van der Waals surface area contributed by atoms with Crippen LogP contribution in [-0.2, 0) is 7.05 Å². The molecule has 0 atom stereocenters. The highest BCUT2D eigenvalue weighted by atomic mass is 16.1. The molecule has 0 spiro atoms. The monoisotopic (exact) mass is 181 g/mol. The molecule has 0 fully saturated rings. The molecule has 0 aliphatic heterocycles. The van der Waals surface area contributed by atoms with Crippen LogP contribution in [-0.4, -0.2) is 23.6 Å². The summed E-state index contributed by atoms with van der Waals surface area (Å²) in [5.41, 5.74) is 7.02. The van der Waals surface area contributed by atoms with Crippen LogP contribution >= 0.6 is 0 Å². The molecule has 0 unspecified atom stereocenters. The van der Waals surface area contributed by atoms with E-state index in [4.69, 9.17) is 5.73 Å². The lowest BCUT2D eigenvalue weighted by molar-refractivity contribution is 0.0946. The first-order chi connectivity index (χ1) is 6.16. The zero-order valence-corrected chi connectivity index (χ0v) is 8.00. The summed E-state index contributed by atoms with van der Waals surface area (Å²) in [4.78, 5) is 11.5. The lowest BCUT2D eigenvalue weighted by Gasteiger charge is -2.05. The van der Waals surface area contributed by atoms with Gasteiger partial charge in [-0.2, -0.15) is 0 Å². The van der Waals surface area contributed by atoms with E-state index >= 15 is 0 Å². The summed E-state index contributed by atoms with van der Waals surface area (Å²) in [5.74, 6) is -0.0685. The van der Waals surface area contributed by atoms with Crippen molar-refractivity contribution in [2.45, 2.75) is 6.92 Å². The lowest BCUT2D eigenvalue weighted by atomic mass is 10.4. The number of aryl methyl sites for hydroxylation is 1. The second-order valence-corrected chi connectivity index (χ2v) is 2.96. The number of carbonyl (C=O) groups is 1. The van der Waals surface area contributed by atoms with Gasteiger partial charge >= 0.3 is 0 Å². The van der Waals surface area contributed by atoms with Gasteiger partial charge in [-0.15, -0.1) is 0 Å². The summed E-state index contributed by atoms with van der Waals surface area (Å²) >= 11 is 0. The van der Waals surface area contributed by atoms with Gasteiger partial charge in [-0.3, -0.25) is 4.79 Å². The van der Waals surface area contributed by atoms with Gasteiger partial charge in [0.1, 0.15) is 5.69 Å². The Bertz CT molecular complexity index is 304. The van der Waals surface area contributed by atoms with Crippen molar-refractivity contribution in [3.63, 3.8) is 0 Å². The number of hydrogen-bond donors (Lipinski definition) is 2. The van der Waals surface area contributed by atoms with E-state index in [-0.39, 0.29) is 5.91 Å². The van der Waals surface area contributed by atoms with Gasteiger partial charge in [0.25, 0.3) is 5.91 Å². The zero-order chi connectivity index (χ0) is 9.84. The fraction of sp³-hybridized carbons (Fsp3) is 0.444. The number of nitrogens with zero attached hydrogens (tertiary/aromatic N) is 1. The molecule has 0 saturated carbocycles. The van der Waals surface area contributed by atoms with Crippen molar-refractivity contribution in [3.8, 4) is 0 Å². The molecule has 0 aliphatic rings. The number of rotatable bonds is 3. The average Bonchev–Trinajstić information content (AvgIpc) is 2.44. The van der Waals surface area contributed by atoms with Crippen LogP contribution in [0.2, 0.25) is 0 Å². The van der Waals surface area contributed by atoms with Crippen LogP contribution in [0.4, 0.5) is 0 Å². The standard InChI is InChI=1S/C9H15N3O/c1-7-3-4-8(12(7)2)9(13)11-6-5-10/h3-4H,5-6,10H2,1-2H3,(H,11,13). The minimum absolute atomic E-state index is 0.0685. The van der Waals surface area contributed by atoms with Crippen LogP contribution in [0.5, 0.6) is 0 Å². The van der Waals surface area contributed by atoms with Crippen molar-refractivity contribution in [1.29, 1.82) is 0 Å². The van der Waals surface area contributed by atoms with E-state index in [1.807, 2.05) is 24.6 Å². The van der Waals surface area contributed by atoms with Gasteiger partial charge in [0.2, 0.25) is 0 Å². The van der Waals surface area contributed by atoms with Crippen LogP contribution in [0.25, 0.3) is 0 Å². The molecule has 1 amide bonds. The molecule has 1 aromatic rings. The number of hydrogen-bond acceptors (Lipinski definition) is 2. The highest BCUT2D eigenvalue weighted by Crippen LogP contribution is 2.04. The first kappa shape index (κ1) is 9.80. The Morgan fingerprint density at radius 3 is 2.77 bits per heavy atom. The van der Waals surface area contributed by atoms with E-state index in [2.05, 4.69) is 5.32 Å². The third-order valence-electron chi connectivity index (χ3n) is 2.04. The van der Waals surface area contributed by atoms with Crippen molar-refractivity contribution in [2.75, 3.05) is 13.1 Å². The van der Waals surface area contributed by atoms with Gasteiger partial charge in [0.05, 0.1) is 0 Å². The molecule has 0 aliphatic carbocycles. The molecule has 4 nitrogen and oxygen atoms in total. The Morgan fingerprint density at radius 1 is 1.62 bits per heavy atom. The van der Waals surface area contributed by atoms with Crippen molar-refractivity contribution >= 4 is 5.91 Å². The quantitative estimate of drug-likeness (QED) is 0.690. The first-order valence-electron chi connectivity index (χ1n) is 4.27. The Morgan fingerprint density at radius 2 is 2.31 bits per heavy atom. The van der Waals surface area contributed by atoms with Gasteiger partial charge in [0.15, 0.2) is 0 Å². The fourth-order valence-electron chi connectivity index (χ4n) is 1.12. The predicted octanol–water partition coefficient (Wildman–Crippen LogP) is 0.0220. The van der Waals surface area contributed by atoms with Gasteiger partial charge in [-0.25, -0.2) is 0 Å². The number of amides is 1. The predicted molar refractivity (Wildman–Crippen MR) is 51.5 cm³/mol. The van der Waals surface area contributed by atoms with Crippen LogP contribution in [0.3, 0.4) is 0 Å². The SMILES string of the molecule is Cc1ccc(C(=O)NCCN)n1C. The molecule has 3 N–H and O–H groups in total. The first-order valence-corrected chi connectivity index (χ1v) is 4.27. The molecular formula is C9H15N3O. The summed E-state index contributed by atoms with van der Waals surface area (Å²) in [6, 6.07) is 3.72. The minimum atomic E-state index is -0.0685. The maximum absolute atomic E-state index is 11.5. The molecule has 0 radical (unpaired) electrons. The largest absolute Gasteiger partial charge is 0.349 e. The van der Waals surface area contributed by atoms with Gasteiger partial charge < -0.3 is 15.6 Å². The summed E-state index contributed by atoms with van der Waals surface area (Å²) in [6.07, 6.45) is 0. The number of aromatic nitrogens is 1. The third kappa shape index (κ3) is 2.09. The molecule has 1 rings (SSSR count). The molecule has 1 aromatic heterocycles. The average molecular weight is 181 g/mol.